The first kappa shape index (κ1) is 52.0. The van der Waals surface area contributed by atoms with Crippen molar-refractivity contribution in [2.24, 2.45) is 14.1 Å². The fourth-order valence-electron chi connectivity index (χ4n) is 10.3. The van der Waals surface area contributed by atoms with Crippen LogP contribution in [0.15, 0.2) is 127 Å². The molecule has 0 aliphatic carbocycles. The van der Waals surface area contributed by atoms with E-state index in [-0.39, 0.29) is 42.5 Å². The maximum atomic E-state index is 13.6. The third-order valence-corrected chi connectivity index (χ3v) is 15.6. The van der Waals surface area contributed by atoms with Gasteiger partial charge in [-0.15, -0.1) is 0 Å². The zero-order valence-electron chi connectivity index (χ0n) is 44.8. The summed E-state index contributed by atoms with van der Waals surface area (Å²) >= 11 is 3.42. The smallest absolute Gasteiger partial charge is 0.398 e. The van der Waals surface area contributed by atoms with E-state index in [0.717, 1.165) is 106 Å². The molecule has 78 heavy (non-hydrogen) atoms. The molecule has 4 bridgehead atoms. The van der Waals surface area contributed by atoms with Crippen molar-refractivity contribution in [3.05, 3.63) is 138 Å². The van der Waals surface area contributed by atoms with E-state index in [1.165, 1.54) is 0 Å². The first-order valence-electron chi connectivity index (χ1n) is 25.9. The normalized spacial score (nSPS) is 18.1. The van der Waals surface area contributed by atoms with Crippen LogP contribution in [-0.2, 0) is 23.4 Å². The molecule has 4 amide bonds. The van der Waals surface area contributed by atoms with Gasteiger partial charge >= 0.3 is 19.2 Å². The Balaban J connectivity index is 0.000000133. The first-order chi connectivity index (χ1) is 37.5. The van der Waals surface area contributed by atoms with Crippen LogP contribution in [0.2, 0.25) is 0 Å². The number of hydrogen-bond acceptors (Lipinski definition) is 14. The molecule has 8 aromatic rings. The highest BCUT2D eigenvalue weighted by atomic mass is 79.9. The maximum absolute atomic E-state index is 13.6. The number of fused-ring (bicyclic) bond motifs is 8. The highest BCUT2D eigenvalue weighted by Crippen LogP contribution is 2.42. The van der Waals surface area contributed by atoms with E-state index in [4.69, 9.17) is 19.3 Å². The summed E-state index contributed by atoms with van der Waals surface area (Å²) in [6.45, 7) is 15.6. The van der Waals surface area contributed by atoms with Gasteiger partial charge in [-0.25, -0.2) is 39.5 Å². The molecule has 0 spiro atoms. The fraction of sp³-hybridized carbons (Fsp3) is 0.321. The number of carbonyl (C=O) groups excluding carboxylic acids is 2. The van der Waals surface area contributed by atoms with Crippen molar-refractivity contribution in [3.63, 3.8) is 0 Å². The van der Waals surface area contributed by atoms with Crippen LogP contribution in [0.5, 0.6) is 0 Å². The Morgan fingerprint density at radius 2 is 1.10 bits per heavy atom. The van der Waals surface area contributed by atoms with Crippen LogP contribution in [0.25, 0.3) is 33.8 Å². The monoisotopic (exact) mass is 1110 g/mol. The Bertz CT molecular complexity index is 3540. The van der Waals surface area contributed by atoms with Gasteiger partial charge in [0.2, 0.25) is 0 Å². The van der Waals surface area contributed by atoms with Gasteiger partial charge in [0.25, 0.3) is 0 Å². The minimum Gasteiger partial charge on any atom is -0.398 e. The number of imidazole rings is 2. The van der Waals surface area contributed by atoms with E-state index in [9.17, 15) is 9.59 Å². The van der Waals surface area contributed by atoms with Gasteiger partial charge in [0.1, 0.15) is 11.6 Å². The van der Waals surface area contributed by atoms with Gasteiger partial charge in [0.05, 0.1) is 76.2 Å². The molecular weight excluding hydrogens is 1050 g/mol. The summed E-state index contributed by atoms with van der Waals surface area (Å²) in [5.41, 5.74) is 9.71. The number of nitrogens with zero attached hydrogens (tertiary/aromatic N) is 14. The SMILES string of the molecule is Cc1cc(-c2ccc3c(n2)N(C(=O)Nc2cc(-c4cncn4C)ccn2)[C@H]2CCN3C2)ccn1.Cc1cc(-c2ccc3c(n2)N(C(=O)Nc2cc(Br)ccn2)[C@H]2CCN3C2)ccn1.Cn1cncc1B1OC(C)(C)C(C)(C)O1. The predicted molar refractivity (Wildman–Crippen MR) is 306 cm³/mol. The lowest BCUT2D eigenvalue weighted by Gasteiger charge is -2.35. The Morgan fingerprint density at radius 3 is 1.59 bits per heavy atom. The van der Waals surface area contributed by atoms with Crippen LogP contribution in [0.4, 0.5) is 44.2 Å². The Kier molecular flexibility index (Phi) is 14.0. The summed E-state index contributed by atoms with van der Waals surface area (Å²) < 4.78 is 16.5. The first-order valence-corrected chi connectivity index (χ1v) is 26.7. The molecule has 8 aromatic heterocycles. The van der Waals surface area contributed by atoms with Crippen LogP contribution in [-0.4, -0.2) is 118 Å². The minimum absolute atomic E-state index is 0.0645. The molecule has 398 valence electrons. The molecule has 5 aliphatic heterocycles. The van der Waals surface area contributed by atoms with Gasteiger partial charge in [-0.05, 0) is 127 Å². The molecule has 0 unspecified atom stereocenters. The second kappa shape index (κ2) is 21.0. The minimum atomic E-state index is -0.317. The molecule has 13 rings (SSSR count). The number of amides is 4. The second-order valence-corrected chi connectivity index (χ2v) is 21.9. The Morgan fingerprint density at radius 1 is 0.615 bits per heavy atom. The number of aryl methyl sites for hydroxylation is 4. The highest BCUT2D eigenvalue weighted by molar-refractivity contribution is 9.10. The van der Waals surface area contributed by atoms with Gasteiger partial charge in [-0.1, -0.05) is 15.9 Å². The van der Waals surface area contributed by atoms with Gasteiger partial charge in [0, 0.05) is 104 Å². The highest BCUT2D eigenvalue weighted by Gasteiger charge is 2.52. The fourth-order valence-corrected chi connectivity index (χ4v) is 10.7. The number of aromatic nitrogens is 10. The Hall–Kier alpha value is -8.08. The van der Waals surface area contributed by atoms with Gasteiger partial charge in [0.15, 0.2) is 11.6 Å². The third-order valence-electron chi connectivity index (χ3n) is 15.1. The average Bonchev–Trinajstić information content (AvgIpc) is 4.43. The van der Waals surface area contributed by atoms with Gasteiger partial charge in [-0.3, -0.25) is 30.4 Å². The lowest BCUT2D eigenvalue weighted by Crippen LogP contribution is -2.48. The molecule has 0 aromatic carbocycles. The van der Waals surface area contributed by atoms with Crippen LogP contribution in [0.1, 0.15) is 51.9 Å². The third kappa shape index (κ3) is 10.4. The number of halogens is 1. The van der Waals surface area contributed by atoms with Crippen molar-refractivity contribution >= 4 is 75.4 Å². The van der Waals surface area contributed by atoms with Crippen molar-refractivity contribution < 1.29 is 18.9 Å². The number of hydrogen-bond donors (Lipinski definition) is 2. The zero-order valence-corrected chi connectivity index (χ0v) is 46.4. The molecule has 20 nitrogen and oxygen atoms in total. The van der Waals surface area contributed by atoms with E-state index in [1.54, 1.807) is 65.7 Å². The van der Waals surface area contributed by atoms with E-state index < -0.39 is 0 Å². The number of rotatable bonds is 6. The standard InChI is InChI=1S/C25H24N8O.C21H19BrN6O.C10H17BN2O2/c1-16-11-17(5-8-27-16)20-3-4-21-24(29-20)33(19-7-10-32(21)14-19)25(34)30-23-12-18(6-9-28-23)22-13-26-15-31(22)2;1-13-10-14(4-7-23-13)17-2-3-18-20(25-17)28(16-6-9-27(18)12-16)21(29)26-19-11-15(22)5-8-24-19;1-9(2)10(3,4)15-11(14-9)8-6-12-7-13(8)5/h3-6,8-9,11-13,15,19H,7,10,14H2,1-2H3,(H,28,30,34);2-5,7-8,10-11,16H,6,9,12H2,1H3,(H,24,26,29);6-7H,1-5H3/t19-;16-;/m00./s1. The summed E-state index contributed by atoms with van der Waals surface area (Å²) in [4.78, 5) is 70.2. The maximum Gasteiger partial charge on any atom is 0.514 e. The van der Waals surface area contributed by atoms with Crippen molar-refractivity contribution in [2.75, 3.05) is 56.4 Å². The molecule has 13 heterocycles. The van der Waals surface area contributed by atoms with Crippen LogP contribution < -0.4 is 35.8 Å². The van der Waals surface area contributed by atoms with Crippen LogP contribution >= 0.6 is 15.9 Å². The van der Waals surface area contributed by atoms with Crippen molar-refractivity contribution in [1.82, 2.24) is 49.0 Å². The topological polar surface area (TPSA) is 203 Å². The molecule has 22 heteroatoms. The average molecular weight is 1110 g/mol. The molecule has 2 N–H and O–H groups in total. The van der Waals surface area contributed by atoms with Crippen LogP contribution in [0, 0.1) is 13.8 Å². The largest absolute Gasteiger partial charge is 0.514 e. The number of carbonyl (C=O) groups is 2. The molecule has 3 fully saturated rings. The molecule has 2 atom stereocenters. The number of nitrogens with one attached hydrogen (secondary N) is 2. The second-order valence-electron chi connectivity index (χ2n) is 21.0. The van der Waals surface area contributed by atoms with Gasteiger partial charge < -0.3 is 28.2 Å². The number of pyridine rings is 6. The summed E-state index contributed by atoms with van der Waals surface area (Å²) in [5, 5.41) is 5.93. The summed E-state index contributed by atoms with van der Waals surface area (Å²) in [6, 6.07) is 23.1. The quantitative estimate of drug-likeness (QED) is 0.150. The molecule has 0 radical (unpaired) electrons. The van der Waals surface area contributed by atoms with Crippen molar-refractivity contribution in [3.8, 4) is 33.8 Å². The summed E-state index contributed by atoms with van der Waals surface area (Å²) in [5.74, 6) is 2.37. The molecular formula is C56H60BBrN16O4. The molecule has 5 aliphatic rings. The predicted octanol–water partition coefficient (Wildman–Crippen LogP) is 8.84. The van der Waals surface area contributed by atoms with E-state index >= 15 is 0 Å². The van der Waals surface area contributed by atoms with E-state index in [2.05, 4.69) is 78.4 Å². The van der Waals surface area contributed by atoms with Crippen LogP contribution in [0.3, 0.4) is 0 Å². The number of urea groups is 2. The van der Waals surface area contributed by atoms with E-state index in [0.29, 0.717) is 23.3 Å². The summed E-state index contributed by atoms with van der Waals surface area (Å²) in [6.07, 6.45) is 15.8. The molecule has 3 saturated heterocycles. The zero-order chi connectivity index (χ0) is 54.5. The van der Waals surface area contributed by atoms with Crippen molar-refractivity contribution in [1.29, 1.82) is 0 Å². The van der Waals surface area contributed by atoms with E-state index in [1.807, 2.05) is 119 Å². The summed E-state index contributed by atoms with van der Waals surface area (Å²) in [7, 11) is 3.56. The lowest BCUT2D eigenvalue weighted by atomic mass is 9.85. The van der Waals surface area contributed by atoms with Crippen molar-refractivity contribution in [2.45, 2.75) is 77.7 Å². The number of anilines is 6. The lowest BCUT2D eigenvalue weighted by molar-refractivity contribution is 0.00578. The Labute approximate surface area is 461 Å². The molecule has 0 saturated carbocycles. The van der Waals surface area contributed by atoms with Gasteiger partial charge in [-0.2, -0.15) is 0 Å².